The van der Waals surface area contributed by atoms with Crippen LogP contribution in [0.15, 0.2) is 60.5 Å². The third-order valence-corrected chi connectivity index (χ3v) is 5.16. The van der Waals surface area contributed by atoms with Crippen molar-refractivity contribution in [3.63, 3.8) is 0 Å². The Morgan fingerprint density at radius 3 is 2.75 bits per heavy atom. The molecule has 0 unspecified atom stereocenters. The normalized spacial score (nSPS) is 21.2. The fraction of sp³-hybridized carbons (Fsp3) is 0.348. The minimum atomic E-state index is 0.759. The summed E-state index contributed by atoms with van der Waals surface area (Å²) in [5.74, 6) is 1.86. The van der Waals surface area contributed by atoms with Crippen LogP contribution in [0, 0.1) is 6.92 Å². The Bertz CT molecular complexity index is 847. The quantitative estimate of drug-likeness (QED) is 0.831. The van der Waals surface area contributed by atoms with E-state index in [9.17, 15) is 0 Å². The van der Waals surface area contributed by atoms with Crippen molar-refractivity contribution < 1.29 is 0 Å². The molecule has 2 N–H and O–H groups in total. The Morgan fingerprint density at radius 1 is 1.21 bits per heavy atom. The van der Waals surface area contributed by atoms with Gasteiger partial charge in [0.15, 0.2) is 0 Å². The van der Waals surface area contributed by atoms with Crippen LogP contribution in [0.1, 0.15) is 23.6 Å². The third kappa shape index (κ3) is 4.54. The van der Waals surface area contributed by atoms with E-state index in [0.717, 1.165) is 66.8 Å². The predicted molar refractivity (Wildman–Crippen MR) is 120 cm³/mol. The lowest BCUT2D eigenvalue weighted by Gasteiger charge is -2.27. The first-order valence-corrected chi connectivity index (χ1v) is 9.88. The zero-order valence-electron chi connectivity index (χ0n) is 17.3. The summed E-state index contributed by atoms with van der Waals surface area (Å²) in [7, 11) is 2.03. The van der Waals surface area contributed by atoms with E-state index < -0.39 is 0 Å². The summed E-state index contributed by atoms with van der Waals surface area (Å²) in [6.07, 6.45) is 5.96. The highest BCUT2D eigenvalue weighted by Crippen LogP contribution is 2.26. The van der Waals surface area contributed by atoms with Gasteiger partial charge in [0.1, 0.15) is 11.7 Å². The molecule has 4 bridgehead atoms. The van der Waals surface area contributed by atoms with Crippen molar-refractivity contribution in [1.82, 2.24) is 20.4 Å². The Hall–Kier alpha value is -2.79. The molecule has 28 heavy (non-hydrogen) atoms. The van der Waals surface area contributed by atoms with E-state index >= 15 is 0 Å². The van der Waals surface area contributed by atoms with E-state index in [1.165, 1.54) is 5.56 Å². The zero-order chi connectivity index (χ0) is 20.1. The van der Waals surface area contributed by atoms with Crippen LogP contribution in [-0.2, 0) is 0 Å². The van der Waals surface area contributed by atoms with E-state index in [1.807, 2.05) is 25.4 Å². The van der Waals surface area contributed by atoms with Gasteiger partial charge in [-0.3, -0.25) is 4.99 Å². The van der Waals surface area contributed by atoms with E-state index in [0.29, 0.717) is 0 Å². The van der Waals surface area contributed by atoms with Gasteiger partial charge in [-0.1, -0.05) is 32.2 Å². The number of aliphatic imine (C=N–C) groups is 1. The first-order chi connectivity index (χ1) is 13.5. The minimum absolute atomic E-state index is 0.759. The van der Waals surface area contributed by atoms with Crippen LogP contribution in [-0.4, -0.2) is 55.4 Å². The van der Waals surface area contributed by atoms with Crippen LogP contribution >= 0.6 is 0 Å². The fourth-order valence-corrected chi connectivity index (χ4v) is 3.53. The SMILES string of the molecule is C=C/C1=C2/NC(=NCCN(CC)CCNC(=C)c3cc(C)cc1c3)C=CN2C. The van der Waals surface area contributed by atoms with Gasteiger partial charge in [-0.25, -0.2) is 0 Å². The van der Waals surface area contributed by atoms with Gasteiger partial charge in [0.05, 0.1) is 6.54 Å². The Kier molecular flexibility index (Phi) is 6.37. The second kappa shape index (κ2) is 8.93. The number of hydrogen-bond acceptors (Lipinski definition) is 5. The lowest BCUT2D eigenvalue weighted by molar-refractivity contribution is 0.300. The number of fused-ring (bicyclic) bond motifs is 4. The van der Waals surface area contributed by atoms with Crippen molar-refractivity contribution in [2.75, 3.05) is 39.8 Å². The van der Waals surface area contributed by atoms with E-state index in [2.05, 4.69) is 65.6 Å². The van der Waals surface area contributed by atoms with Crippen LogP contribution < -0.4 is 10.6 Å². The summed E-state index contributed by atoms with van der Waals surface area (Å²) in [5.41, 5.74) is 5.41. The van der Waals surface area contributed by atoms with Crippen molar-refractivity contribution in [2.24, 2.45) is 4.99 Å². The summed E-state index contributed by atoms with van der Waals surface area (Å²) in [6.45, 7) is 17.2. The lowest BCUT2D eigenvalue weighted by Crippen LogP contribution is -2.36. The van der Waals surface area contributed by atoms with Crippen LogP contribution in [0.2, 0.25) is 0 Å². The van der Waals surface area contributed by atoms with Crippen LogP contribution in [0.4, 0.5) is 0 Å². The number of benzene rings is 1. The Balaban J connectivity index is 2.09. The highest BCUT2D eigenvalue weighted by atomic mass is 15.3. The molecule has 0 aliphatic carbocycles. The predicted octanol–water partition coefficient (Wildman–Crippen LogP) is 3.19. The van der Waals surface area contributed by atoms with Gasteiger partial charge in [0, 0.05) is 44.2 Å². The minimum Gasteiger partial charge on any atom is -0.384 e. The number of allylic oxidation sites excluding steroid dienone is 2. The monoisotopic (exact) mass is 377 g/mol. The average molecular weight is 378 g/mol. The van der Waals surface area contributed by atoms with Crippen molar-refractivity contribution in [3.8, 4) is 0 Å². The van der Waals surface area contributed by atoms with Crippen molar-refractivity contribution in [2.45, 2.75) is 13.8 Å². The van der Waals surface area contributed by atoms with Crippen LogP contribution in [0.25, 0.3) is 11.3 Å². The number of rotatable bonds is 2. The molecule has 0 aromatic heterocycles. The van der Waals surface area contributed by atoms with Crippen molar-refractivity contribution >= 4 is 17.1 Å². The number of likely N-dealkylation sites (N-methyl/N-ethyl adjacent to an activating group) is 1. The molecular weight excluding hydrogens is 346 g/mol. The van der Waals surface area contributed by atoms with Gasteiger partial charge >= 0.3 is 0 Å². The molecule has 2 aliphatic rings. The van der Waals surface area contributed by atoms with Crippen LogP contribution in [0.5, 0.6) is 0 Å². The fourth-order valence-electron chi connectivity index (χ4n) is 3.53. The molecule has 148 valence electrons. The molecule has 2 heterocycles. The zero-order valence-corrected chi connectivity index (χ0v) is 17.3. The van der Waals surface area contributed by atoms with Gasteiger partial charge in [-0.2, -0.15) is 0 Å². The largest absolute Gasteiger partial charge is 0.384 e. The highest BCUT2D eigenvalue weighted by molar-refractivity contribution is 5.97. The van der Waals surface area contributed by atoms with Crippen molar-refractivity contribution in [3.05, 3.63) is 72.2 Å². The number of nitrogens with zero attached hydrogens (tertiary/aromatic N) is 3. The molecule has 0 radical (unpaired) electrons. The van der Waals surface area contributed by atoms with Crippen molar-refractivity contribution in [1.29, 1.82) is 0 Å². The smallest absolute Gasteiger partial charge is 0.127 e. The van der Waals surface area contributed by atoms with E-state index in [-0.39, 0.29) is 0 Å². The molecule has 5 heteroatoms. The number of nitrogens with one attached hydrogen (secondary N) is 2. The van der Waals surface area contributed by atoms with Gasteiger partial charge in [0.2, 0.25) is 0 Å². The summed E-state index contributed by atoms with van der Waals surface area (Å²) in [5, 5.41) is 6.98. The molecule has 0 atom stereocenters. The Labute approximate surface area is 168 Å². The molecule has 1 aromatic rings. The second-order valence-corrected chi connectivity index (χ2v) is 7.21. The maximum atomic E-state index is 4.76. The van der Waals surface area contributed by atoms with E-state index in [4.69, 9.17) is 4.99 Å². The molecule has 0 amide bonds. The number of hydrogen-bond donors (Lipinski definition) is 2. The number of aryl methyl sites for hydroxylation is 1. The maximum Gasteiger partial charge on any atom is 0.127 e. The number of amidine groups is 1. The Morgan fingerprint density at radius 2 is 2.00 bits per heavy atom. The summed E-state index contributed by atoms with van der Waals surface area (Å²) in [6, 6.07) is 6.53. The van der Waals surface area contributed by atoms with Gasteiger partial charge < -0.3 is 20.4 Å². The summed E-state index contributed by atoms with van der Waals surface area (Å²) >= 11 is 0. The van der Waals surface area contributed by atoms with E-state index in [1.54, 1.807) is 0 Å². The first-order valence-electron chi connectivity index (χ1n) is 9.88. The topological polar surface area (TPSA) is 42.9 Å². The third-order valence-electron chi connectivity index (χ3n) is 5.16. The molecule has 0 fully saturated rings. The molecule has 0 saturated carbocycles. The molecule has 0 spiro atoms. The molecule has 3 rings (SSSR count). The van der Waals surface area contributed by atoms with Crippen LogP contribution in [0.3, 0.4) is 0 Å². The molecular formula is C23H31N5. The van der Waals surface area contributed by atoms with Gasteiger partial charge in [0.25, 0.3) is 0 Å². The highest BCUT2D eigenvalue weighted by Gasteiger charge is 2.17. The molecule has 0 saturated heterocycles. The lowest BCUT2D eigenvalue weighted by atomic mass is 9.98. The first kappa shape index (κ1) is 20.0. The second-order valence-electron chi connectivity index (χ2n) is 7.21. The van der Waals surface area contributed by atoms with Gasteiger partial charge in [-0.05, 0) is 48.4 Å². The standard InChI is InChI=1S/C23H31N5/c1-6-21-20-15-17(3)14-19(16-20)18(4)24-9-12-28(7-2)13-10-25-22-8-11-27(5)23(21)26-22/h6,8,11,14-16,24H,1,4,7,9-10,12-13H2,2-3,5H3,(H,25,26)/b23-21+. The molecule has 1 aromatic carbocycles. The summed E-state index contributed by atoms with van der Waals surface area (Å²) < 4.78 is 0. The molecule has 2 aliphatic heterocycles. The molecule has 5 nitrogen and oxygen atoms in total. The maximum absolute atomic E-state index is 4.76. The van der Waals surface area contributed by atoms with Gasteiger partial charge in [-0.15, -0.1) is 0 Å². The average Bonchev–Trinajstić information content (AvgIpc) is 2.68. The summed E-state index contributed by atoms with van der Waals surface area (Å²) in [4.78, 5) is 9.23.